The molecule has 0 aliphatic carbocycles. The maximum atomic E-state index is 13.5. The van der Waals surface area contributed by atoms with Crippen LogP contribution in [0.15, 0.2) is 89.8 Å². The van der Waals surface area contributed by atoms with E-state index in [1.54, 1.807) is 16.4 Å². The molecule has 3 nitrogen and oxygen atoms in total. The van der Waals surface area contributed by atoms with E-state index in [-0.39, 0.29) is 16.9 Å². The molecule has 0 spiro atoms. The van der Waals surface area contributed by atoms with Crippen molar-refractivity contribution in [1.82, 2.24) is 4.31 Å². The van der Waals surface area contributed by atoms with E-state index in [0.29, 0.717) is 4.90 Å². The average molecular weight is 442 g/mol. The smallest absolute Gasteiger partial charge is 0.207 e. The molecule has 0 amide bonds. The van der Waals surface area contributed by atoms with Crippen LogP contribution in [0.25, 0.3) is 0 Å². The van der Waals surface area contributed by atoms with Crippen molar-refractivity contribution in [3.63, 3.8) is 0 Å². The van der Waals surface area contributed by atoms with Gasteiger partial charge in [-0.2, -0.15) is 4.31 Å². The van der Waals surface area contributed by atoms with Gasteiger partial charge in [0, 0.05) is 0 Å². The molecule has 0 saturated carbocycles. The third-order valence-corrected chi connectivity index (χ3v) is 7.91. The van der Waals surface area contributed by atoms with E-state index in [1.807, 2.05) is 79.7 Å². The molecule has 0 N–H and O–H groups in total. The molecular formula is C22H20BrNO2S. The van der Waals surface area contributed by atoms with Crippen LogP contribution in [0.3, 0.4) is 0 Å². The van der Waals surface area contributed by atoms with E-state index in [2.05, 4.69) is 15.9 Å². The van der Waals surface area contributed by atoms with Crippen LogP contribution in [0.1, 0.15) is 28.8 Å². The number of benzene rings is 3. The molecule has 4 rings (SSSR count). The van der Waals surface area contributed by atoms with Crippen LogP contribution in [-0.2, 0) is 10.0 Å². The molecule has 1 saturated heterocycles. The minimum atomic E-state index is -3.64. The van der Waals surface area contributed by atoms with Crippen LogP contribution < -0.4 is 0 Å². The molecular weight excluding hydrogens is 422 g/mol. The third-order valence-electron chi connectivity index (χ3n) is 5.03. The van der Waals surface area contributed by atoms with Crippen molar-refractivity contribution in [2.24, 2.45) is 0 Å². The summed E-state index contributed by atoms with van der Waals surface area (Å²) in [5.41, 5.74) is 3.01. The van der Waals surface area contributed by atoms with Crippen LogP contribution in [0.2, 0.25) is 0 Å². The number of hydrogen-bond donors (Lipinski definition) is 0. The van der Waals surface area contributed by atoms with Gasteiger partial charge in [-0.25, -0.2) is 8.42 Å². The Kier molecular flexibility index (Phi) is 4.93. The minimum Gasteiger partial charge on any atom is -0.207 e. The van der Waals surface area contributed by atoms with Gasteiger partial charge in [0.1, 0.15) is 0 Å². The lowest BCUT2D eigenvalue weighted by atomic mass is 9.86. The summed E-state index contributed by atoms with van der Waals surface area (Å²) in [5, 5.41) is 0. The van der Waals surface area contributed by atoms with Gasteiger partial charge in [0.2, 0.25) is 10.0 Å². The number of sulfonamides is 1. The first kappa shape index (κ1) is 18.4. The summed E-state index contributed by atoms with van der Waals surface area (Å²) in [6.07, 6.45) is 0. The Morgan fingerprint density at radius 1 is 0.741 bits per heavy atom. The van der Waals surface area contributed by atoms with Gasteiger partial charge in [0.25, 0.3) is 0 Å². The summed E-state index contributed by atoms with van der Waals surface area (Å²) in [4.78, 5) is 0.330. The van der Waals surface area contributed by atoms with Crippen molar-refractivity contribution in [2.75, 3.05) is 0 Å². The molecule has 0 radical (unpaired) electrons. The summed E-state index contributed by atoms with van der Waals surface area (Å²) < 4.78 is 28.7. The quantitative estimate of drug-likeness (QED) is 0.518. The molecule has 1 fully saturated rings. The zero-order valence-corrected chi connectivity index (χ0v) is 17.3. The number of rotatable bonds is 4. The molecule has 0 bridgehead atoms. The lowest BCUT2D eigenvalue weighted by Gasteiger charge is -2.52. The molecule has 1 unspecified atom stereocenters. The van der Waals surface area contributed by atoms with Gasteiger partial charge in [-0.1, -0.05) is 94.3 Å². The van der Waals surface area contributed by atoms with Crippen molar-refractivity contribution in [2.45, 2.75) is 28.7 Å². The van der Waals surface area contributed by atoms with E-state index >= 15 is 0 Å². The fraction of sp³-hybridized carbons (Fsp3) is 0.182. The van der Waals surface area contributed by atoms with Crippen molar-refractivity contribution in [3.05, 3.63) is 102 Å². The zero-order chi connectivity index (χ0) is 19.0. The molecule has 1 aliphatic rings. The summed E-state index contributed by atoms with van der Waals surface area (Å²) in [5.74, 6) is 0. The Morgan fingerprint density at radius 2 is 1.19 bits per heavy atom. The van der Waals surface area contributed by atoms with Crippen LogP contribution in [0.4, 0.5) is 0 Å². The average Bonchev–Trinajstić information content (AvgIpc) is 2.68. The Morgan fingerprint density at radius 3 is 1.63 bits per heavy atom. The maximum Gasteiger partial charge on any atom is 0.244 e. The number of aryl methyl sites for hydroxylation is 1. The molecule has 3 aromatic carbocycles. The number of halogens is 1. The fourth-order valence-electron chi connectivity index (χ4n) is 3.62. The van der Waals surface area contributed by atoms with Crippen LogP contribution in [0, 0.1) is 6.92 Å². The predicted molar refractivity (Wildman–Crippen MR) is 111 cm³/mol. The summed E-state index contributed by atoms with van der Waals surface area (Å²) in [6, 6.07) is 26.2. The van der Waals surface area contributed by atoms with Gasteiger partial charge >= 0.3 is 0 Å². The zero-order valence-electron chi connectivity index (χ0n) is 14.9. The van der Waals surface area contributed by atoms with E-state index in [4.69, 9.17) is 0 Å². The van der Waals surface area contributed by atoms with Crippen molar-refractivity contribution in [1.29, 1.82) is 0 Å². The topological polar surface area (TPSA) is 37.4 Å². The summed E-state index contributed by atoms with van der Waals surface area (Å²) in [6.45, 7) is 1.95. The van der Waals surface area contributed by atoms with Crippen molar-refractivity contribution in [3.8, 4) is 0 Å². The normalized spacial score (nSPS) is 23.0. The molecule has 1 aliphatic heterocycles. The number of alkyl halides is 1. The van der Waals surface area contributed by atoms with Crippen molar-refractivity contribution >= 4 is 26.0 Å². The first-order valence-corrected chi connectivity index (χ1v) is 11.2. The predicted octanol–water partition coefficient (Wildman–Crippen LogP) is 5.25. The number of hydrogen-bond acceptors (Lipinski definition) is 2. The van der Waals surface area contributed by atoms with Crippen LogP contribution in [0.5, 0.6) is 0 Å². The van der Waals surface area contributed by atoms with Gasteiger partial charge in [-0.05, 0) is 30.2 Å². The Labute approximate surface area is 168 Å². The van der Waals surface area contributed by atoms with E-state index in [9.17, 15) is 8.42 Å². The standard InChI is InChI=1S/C22H20BrNO2S/c1-16-12-14-19(15-13-16)27(25,26)24-21(17-8-4-2-5-9-17)20(23)22(24)18-10-6-3-7-11-18/h2-15,20-22H,1H3/t20?,21-,22+. The SMILES string of the molecule is Cc1ccc(S(=O)(=O)N2[C@H](c3ccccc3)C(Br)[C@@H]2c2ccccc2)cc1. The van der Waals surface area contributed by atoms with Gasteiger partial charge in [-0.15, -0.1) is 0 Å². The molecule has 5 heteroatoms. The monoisotopic (exact) mass is 441 g/mol. The summed E-state index contributed by atoms with van der Waals surface area (Å²) in [7, 11) is -3.64. The highest BCUT2D eigenvalue weighted by molar-refractivity contribution is 9.09. The van der Waals surface area contributed by atoms with Crippen molar-refractivity contribution < 1.29 is 8.42 Å². The van der Waals surface area contributed by atoms with Gasteiger partial charge in [-0.3, -0.25) is 0 Å². The minimum absolute atomic E-state index is 0.00234. The largest absolute Gasteiger partial charge is 0.244 e. The first-order valence-electron chi connectivity index (χ1n) is 8.84. The Balaban J connectivity index is 1.81. The highest BCUT2D eigenvalue weighted by Gasteiger charge is 2.54. The molecule has 0 aromatic heterocycles. The van der Waals surface area contributed by atoms with Crippen LogP contribution in [-0.4, -0.2) is 17.6 Å². The van der Waals surface area contributed by atoms with E-state index in [0.717, 1.165) is 16.7 Å². The van der Waals surface area contributed by atoms with E-state index in [1.165, 1.54) is 0 Å². The molecule has 3 atom stereocenters. The molecule has 27 heavy (non-hydrogen) atoms. The fourth-order valence-corrected chi connectivity index (χ4v) is 6.88. The molecule has 3 aromatic rings. The second kappa shape index (κ2) is 7.23. The van der Waals surface area contributed by atoms with Gasteiger partial charge in [0.05, 0.1) is 21.8 Å². The molecule has 1 heterocycles. The Hall–Kier alpha value is -1.95. The van der Waals surface area contributed by atoms with E-state index < -0.39 is 10.0 Å². The molecule has 138 valence electrons. The number of nitrogens with zero attached hydrogens (tertiary/aromatic N) is 1. The Bertz CT molecular complexity index is 973. The highest BCUT2D eigenvalue weighted by Crippen LogP contribution is 2.54. The lowest BCUT2D eigenvalue weighted by molar-refractivity contribution is 0.127. The van der Waals surface area contributed by atoms with Crippen LogP contribution >= 0.6 is 15.9 Å². The van der Waals surface area contributed by atoms with Gasteiger partial charge in [0.15, 0.2) is 0 Å². The third kappa shape index (κ3) is 3.24. The maximum absolute atomic E-state index is 13.5. The summed E-state index contributed by atoms with van der Waals surface area (Å²) >= 11 is 3.78. The highest BCUT2D eigenvalue weighted by atomic mass is 79.9. The van der Waals surface area contributed by atoms with Gasteiger partial charge < -0.3 is 0 Å². The lowest BCUT2D eigenvalue weighted by Crippen LogP contribution is -2.55. The second-order valence-corrected chi connectivity index (χ2v) is 9.70. The first-order chi connectivity index (χ1) is 13.0. The second-order valence-electron chi connectivity index (χ2n) is 6.80.